The SMILES string of the molecule is CC1=C(C(=O)Nc2ccc(C)cn2)C(c2cnc3ccccc3n2)C2C(=O)CCC=C2N1. The second kappa shape index (κ2) is 8.00. The Hall–Kier alpha value is -3.87. The lowest BCUT2D eigenvalue weighted by Crippen LogP contribution is -2.41. The van der Waals surface area contributed by atoms with Crippen molar-refractivity contribution in [2.45, 2.75) is 32.6 Å². The topological polar surface area (TPSA) is 96.9 Å². The van der Waals surface area contributed by atoms with Crippen molar-refractivity contribution >= 4 is 28.5 Å². The van der Waals surface area contributed by atoms with Crippen LogP contribution in [0.2, 0.25) is 0 Å². The summed E-state index contributed by atoms with van der Waals surface area (Å²) < 4.78 is 0. The minimum atomic E-state index is -0.530. The van der Waals surface area contributed by atoms with Crippen LogP contribution in [0.15, 0.2) is 71.8 Å². The number of pyridine rings is 1. The summed E-state index contributed by atoms with van der Waals surface area (Å²) in [7, 11) is 0. The molecule has 1 aliphatic carbocycles. The first-order chi connectivity index (χ1) is 15.5. The van der Waals surface area contributed by atoms with Crippen molar-refractivity contribution in [1.29, 1.82) is 0 Å². The molecule has 0 spiro atoms. The molecule has 0 saturated carbocycles. The van der Waals surface area contributed by atoms with E-state index in [0.717, 1.165) is 22.3 Å². The summed E-state index contributed by atoms with van der Waals surface area (Å²) >= 11 is 0. The van der Waals surface area contributed by atoms with E-state index in [1.54, 1.807) is 18.5 Å². The van der Waals surface area contributed by atoms with Gasteiger partial charge < -0.3 is 10.6 Å². The van der Waals surface area contributed by atoms with Crippen molar-refractivity contribution in [3.63, 3.8) is 0 Å². The first-order valence-electron chi connectivity index (χ1n) is 10.7. The number of nitrogens with zero attached hydrogens (tertiary/aromatic N) is 3. The van der Waals surface area contributed by atoms with Crippen LogP contribution in [0, 0.1) is 12.8 Å². The van der Waals surface area contributed by atoms with Crippen LogP contribution in [-0.2, 0) is 9.59 Å². The van der Waals surface area contributed by atoms with Gasteiger partial charge in [-0.1, -0.05) is 24.3 Å². The Morgan fingerprint density at radius 2 is 1.84 bits per heavy atom. The summed E-state index contributed by atoms with van der Waals surface area (Å²) in [6.45, 7) is 3.79. The fourth-order valence-electron chi connectivity index (χ4n) is 4.48. The highest BCUT2D eigenvalue weighted by Crippen LogP contribution is 2.43. The number of fused-ring (bicyclic) bond motifs is 2. The van der Waals surface area contributed by atoms with E-state index in [1.165, 1.54) is 0 Å². The van der Waals surface area contributed by atoms with Crippen molar-refractivity contribution in [2.75, 3.05) is 5.32 Å². The highest BCUT2D eigenvalue weighted by atomic mass is 16.2. The Bertz CT molecular complexity index is 1290. The van der Waals surface area contributed by atoms with Crippen molar-refractivity contribution in [3.8, 4) is 0 Å². The van der Waals surface area contributed by atoms with E-state index in [9.17, 15) is 9.59 Å². The molecule has 32 heavy (non-hydrogen) atoms. The van der Waals surface area contributed by atoms with Crippen LogP contribution >= 0.6 is 0 Å². The Balaban J connectivity index is 1.62. The van der Waals surface area contributed by atoms with E-state index >= 15 is 0 Å². The maximum Gasteiger partial charge on any atom is 0.255 e. The molecule has 1 aromatic carbocycles. The summed E-state index contributed by atoms with van der Waals surface area (Å²) in [5.41, 5.74) is 5.13. The van der Waals surface area contributed by atoms with Crippen LogP contribution in [0.1, 0.15) is 36.9 Å². The number of hydrogen-bond acceptors (Lipinski definition) is 6. The number of ketones is 1. The number of nitrogens with one attached hydrogen (secondary N) is 2. The minimum Gasteiger partial charge on any atom is -0.362 e. The highest BCUT2D eigenvalue weighted by molar-refractivity contribution is 6.06. The van der Waals surface area contributed by atoms with Crippen LogP contribution < -0.4 is 10.6 Å². The molecule has 2 N–H and O–H groups in total. The monoisotopic (exact) mass is 425 g/mol. The quantitative estimate of drug-likeness (QED) is 0.663. The second-order valence-electron chi connectivity index (χ2n) is 8.24. The van der Waals surface area contributed by atoms with Gasteiger partial charge in [-0.15, -0.1) is 0 Å². The molecule has 2 aromatic heterocycles. The van der Waals surface area contributed by atoms with E-state index in [1.807, 2.05) is 50.3 Å². The Labute approximate surface area is 185 Å². The van der Waals surface area contributed by atoms with Gasteiger partial charge in [-0.2, -0.15) is 0 Å². The first-order valence-corrected chi connectivity index (χ1v) is 10.7. The third kappa shape index (κ3) is 3.56. The zero-order chi connectivity index (χ0) is 22.2. The van der Waals surface area contributed by atoms with Gasteiger partial charge in [0.2, 0.25) is 0 Å². The summed E-state index contributed by atoms with van der Waals surface area (Å²) in [4.78, 5) is 40.2. The summed E-state index contributed by atoms with van der Waals surface area (Å²) in [6.07, 6.45) is 6.57. The van der Waals surface area contributed by atoms with Crippen molar-refractivity contribution in [3.05, 3.63) is 83.1 Å². The van der Waals surface area contributed by atoms with Gasteiger partial charge in [0.05, 0.1) is 28.6 Å². The third-order valence-electron chi connectivity index (χ3n) is 6.00. The van der Waals surface area contributed by atoms with Crippen LogP contribution in [0.4, 0.5) is 5.82 Å². The number of Topliss-reactive ketones (excluding diaryl/α,β-unsaturated/α-hetero) is 1. The molecular weight excluding hydrogens is 402 g/mol. The Kier molecular flexibility index (Phi) is 5.01. The predicted molar refractivity (Wildman–Crippen MR) is 122 cm³/mol. The number of rotatable bonds is 3. The van der Waals surface area contributed by atoms with Gasteiger partial charge in [-0.05, 0) is 44.0 Å². The molecule has 7 heteroatoms. The summed E-state index contributed by atoms with van der Waals surface area (Å²) in [5.74, 6) is -0.766. The molecule has 2 unspecified atom stereocenters. The van der Waals surface area contributed by atoms with Gasteiger partial charge in [0, 0.05) is 35.8 Å². The average Bonchev–Trinajstić information content (AvgIpc) is 2.79. The number of carbonyl (C=O) groups excluding carboxylic acids is 2. The summed E-state index contributed by atoms with van der Waals surface area (Å²) in [5, 5.41) is 6.19. The van der Waals surface area contributed by atoms with E-state index < -0.39 is 11.8 Å². The predicted octanol–water partition coefficient (Wildman–Crippen LogP) is 3.80. The Morgan fingerprint density at radius 3 is 2.62 bits per heavy atom. The lowest BCUT2D eigenvalue weighted by Gasteiger charge is -2.37. The maximum absolute atomic E-state index is 13.5. The van der Waals surface area contributed by atoms with Crippen molar-refractivity contribution < 1.29 is 9.59 Å². The molecule has 0 bridgehead atoms. The molecule has 0 fully saturated rings. The molecule has 1 aliphatic heterocycles. The first kappa shape index (κ1) is 20.1. The van der Waals surface area contributed by atoms with Crippen molar-refractivity contribution in [1.82, 2.24) is 20.3 Å². The lowest BCUT2D eigenvalue weighted by molar-refractivity contribution is -0.123. The molecular formula is C25H23N5O2. The van der Waals surface area contributed by atoms with Crippen LogP contribution in [-0.4, -0.2) is 26.6 Å². The number of para-hydroxylation sites is 2. The molecule has 160 valence electrons. The Morgan fingerprint density at radius 1 is 1.03 bits per heavy atom. The molecule has 0 radical (unpaired) electrons. The third-order valence-corrected chi connectivity index (χ3v) is 6.00. The van der Waals surface area contributed by atoms with Crippen LogP contribution in [0.3, 0.4) is 0 Å². The zero-order valence-electron chi connectivity index (χ0n) is 17.9. The van der Waals surface area contributed by atoms with Gasteiger partial charge in [0.25, 0.3) is 5.91 Å². The fraction of sp³-hybridized carbons (Fsp3) is 0.240. The lowest BCUT2D eigenvalue weighted by atomic mass is 9.72. The van der Waals surface area contributed by atoms with E-state index in [4.69, 9.17) is 4.98 Å². The number of carbonyl (C=O) groups is 2. The maximum atomic E-state index is 13.5. The normalized spacial score (nSPS) is 20.4. The van der Waals surface area contributed by atoms with Gasteiger partial charge in [0.1, 0.15) is 11.6 Å². The van der Waals surface area contributed by atoms with Gasteiger partial charge in [-0.25, -0.2) is 9.97 Å². The molecule has 7 nitrogen and oxygen atoms in total. The van der Waals surface area contributed by atoms with Gasteiger partial charge in [-0.3, -0.25) is 14.6 Å². The highest BCUT2D eigenvalue weighted by Gasteiger charge is 2.43. The number of anilines is 1. The van der Waals surface area contributed by atoms with Gasteiger partial charge >= 0.3 is 0 Å². The van der Waals surface area contributed by atoms with E-state index in [-0.39, 0.29) is 11.7 Å². The number of amides is 1. The smallest absolute Gasteiger partial charge is 0.255 e. The van der Waals surface area contributed by atoms with Gasteiger partial charge in [0.15, 0.2) is 0 Å². The van der Waals surface area contributed by atoms with Crippen LogP contribution in [0.5, 0.6) is 0 Å². The van der Waals surface area contributed by atoms with Crippen molar-refractivity contribution in [2.24, 2.45) is 5.92 Å². The molecule has 3 heterocycles. The average molecular weight is 425 g/mol. The van der Waals surface area contributed by atoms with E-state index in [0.29, 0.717) is 35.6 Å². The number of aryl methyl sites for hydroxylation is 1. The number of benzene rings is 1. The molecule has 3 aromatic rings. The zero-order valence-corrected chi connectivity index (χ0v) is 17.9. The minimum absolute atomic E-state index is 0.0984. The van der Waals surface area contributed by atoms with Crippen LogP contribution in [0.25, 0.3) is 11.0 Å². The molecule has 2 atom stereocenters. The standard InChI is InChI=1S/C25H23N5O2/c1-14-10-11-21(27-12-14)30-25(32)22-15(2)28-18-8-5-9-20(31)23(18)24(22)19-13-26-16-6-3-4-7-17(16)29-19/h3-4,6-8,10-13,23-24,28H,5,9H2,1-2H3,(H,27,30,32). The molecule has 0 saturated heterocycles. The molecule has 2 aliphatic rings. The summed E-state index contributed by atoms with van der Waals surface area (Å²) in [6, 6.07) is 11.2. The molecule has 1 amide bonds. The number of hydrogen-bond donors (Lipinski definition) is 2. The second-order valence-corrected chi connectivity index (χ2v) is 8.24. The fourth-order valence-corrected chi connectivity index (χ4v) is 4.48. The molecule has 5 rings (SSSR count). The van der Waals surface area contributed by atoms with E-state index in [2.05, 4.69) is 20.6 Å². The number of aromatic nitrogens is 3. The largest absolute Gasteiger partial charge is 0.362 e. The number of allylic oxidation sites excluding steroid dienone is 3.